The Balaban J connectivity index is 2.21. The van der Waals surface area contributed by atoms with Crippen LogP contribution in [0.15, 0.2) is 42.5 Å². The Morgan fingerprint density at radius 1 is 1.29 bits per heavy atom. The van der Waals surface area contributed by atoms with Gasteiger partial charge in [-0.1, -0.05) is 18.2 Å². The highest BCUT2D eigenvalue weighted by Crippen LogP contribution is 2.25. The van der Waals surface area contributed by atoms with Crippen molar-refractivity contribution in [3.63, 3.8) is 0 Å². The van der Waals surface area contributed by atoms with Gasteiger partial charge in [-0.15, -0.1) is 0 Å². The number of para-hydroxylation sites is 1. The number of ether oxygens (including phenoxy) is 1. The molecule has 4 nitrogen and oxygen atoms in total. The van der Waals surface area contributed by atoms with E-state index in [1.54, 1.807) is 7.11 Å². The van der Waals surface area contributed by atoms with E-state index in [2.05, 4.69) is 5.32 Å². The van der Waals surface area contributed by atoms with Gasteiger partial charge in [0.2, 0.25) is 0 Å². The lowest BCUT2D eigenvalue weighted by Gasteiger charge is -2.17. The molecule has 5 heteroatoms. The number of nitrogens with one attached hydrogen (secondary N) is 1. The Hall–Kier alpha value is -2.56. The van der Waals surface area contributed by atoms with Gasteiger partial charge in [0, 0.05) is 11.3 Å². The molecule has 0 radical (unpaired) electrons. The second kappa shape index (κ2) is 6.26. The van der Waals surface area contributed by atoms with E-state index in [9.17, 15) is 9.18 Å². The zero-order chi connectivity index (χ0) is 15.4. The van der Waals surface area contributed by atoms with Crippen molar-refractivity contribution in [2.45, 2.75) is 13.0 Å². The molecule has 0 aliphatic carbocycles. The quantitative estimate of drug-likeness (QED) is 0.850. The summed E-state index contributed by atoms with van der Waals surface area (Å²) in [6.45, 7) is 1.82. The fraction of sp³-hybridized carbons (Fsp3) is 0.188. The largest absolute Gasteiger partial charge is 0.496 e. The van der Waals surface area contributed by atoms with E-state index < -0.39 is 11.7 Å². The first-order valence-corrected chi connectivity index (χ1v) is 6.51. The van der Waals surface area contributed by atoms with Crippen molar-refractivity contribution in [2.75, 3.05) is 12.8 Å². The third-order valence-electron chi connectivity index (χ3n) is 3.21. The highest BCUT2D eigenvalue weighted by atomic mass is 19.1. The number of anilines is 1. The van der Waals surface area contributed by atoms with E-state index >= 15 is 0 Å². The van der Waals surface area contributed by atoms with Crippen LogP contribution in [-0.2, 0) is 0 Å². The van der Waals surface area contributed by atoms with Crippen molar-refractivity contribution < 1.29 is 13.9 Å². The van der Waals surface area contributed by atoms with Crippen molar-refractivity contribution in [1.29, 1.82) is 0 Å². The van der Waals surface area contributed by atoms with Crippen LogP contribution >= 0.6 is 0 Å². The lowest BCUT2D eigenvalue weighted by Crippen LogP contribution is -2.27. The molecule has 0 fully saturated rings. The van der Waals surface area contributed by atoms with E-state index in [0.717, 1.165) is 11.6 Å². The monoisotopic (exact) mass is 288 g/mol. The lowest BCUT2D eigenvalue weighted by atomic mass is 10.1. The number of hydrogen-bond donors (Lipinski definition) is 2. The van der Waals surface area contributed by atoms with Crippen LogP contribution in [0.3, 0.4) is 0 Å². The van der Waals surface area contributed by atoms with Gasteiger partial charge in [-0.3, -0.25) is 4.79 Å². The summed E-state index contributed by atoms with van der Waals surface area (Å²) in [7, 11) is 1.57. The molecule has 0 aliphatic heterocycles. The Kier molecular flexibility index (Phi) is 4.42. The van der Waals surface area contributed by atoms with E-state index in [1.165, 1.54) is 12.1 Å². The molecule has 110 valence electrons. The number of hydrogen-bond acceptors (Lipinski definition) is 3. The van der Waals surface area contributed by atoms with Crippen LogP contribution in [0.1, 0.15) is 28.9 Å². The van der Waals surface area contributed by atoms with Gasteiger partial charge in [-0.2, -0.15) is 0 Å². The van der Waals surface area contributed by atoms with Crippen molar-refractivity contribution in [1.82, 2.24) is 5.32 Å². The minimum atomic E-state index is -0.501. The van der Waals surface area contributed by atoms with Crippen LogP contribution in [0, 0.1) is 5.82 Å². The first-order valence-electron chi connectivity index (χ1n) is 6.51. The minimum Gasteiger partial charge on any atom is -0.496 e. The molecule has 0 saturated carbocycles. The number of carbonyl (C=O) groups is 1. The average molecular weight is 288 g/mol. The van der Waals surface area contributed by atoms with Gasteiger partial charge in [0.25, 0.3) is 5.91 Å². The maximum atomic E-state index is 13.2. The molecule has 0 spiro atoms. The predicted molar refractivity (Wildman–Crippen MR) is 79.7 cm³/mol. The lowest BCUT2D eigenvalue weighted by molar-refractivity contribution is 0.0940. The molecule has 2 rings (SSSR count). The Bertz CT molecular complexity index is 658. The molecular weight excluding hydrogens is 271 g/mol. The van der Waals surface area contributed by atoms with Crippen LogP contribution in [0.25, 0.3) is 0 Å². The number of carbonyl (C=O) groups excluding carboxylic acids is 1. The maximum absolute atomic E-state index is 13.2. The molecule has 0 saturated heterocycles. The topological polar surface area (TPSA) is 64.3 Å². The first-order chi connectivity index (χ1) is 10.0. The summed E-state index contributed by atoms with van der Waals surface area (Å²) in [5.41, 5.74) is 6.90. The number of nitrogen functional groups attached to an aromatic ring is 1. The van der Waals surface area contributed by atoms with Crippen molar-refractivity contribution in [3.8, 4) is 5.75 Å². The summed E-state index contributed by atoms with van der Waals surface area (Å²) in [5, 5.41) is 2.79. The number of nitrogens with two attached hydrogens (primary N) is 1. The minimum absolute atomic E-state index is 0.122. The zero-order valence-electron chi connectivity index (χ0n) is 11.9. The SMILES string of the molecule is COc1ccccc1[C@@H](C)NC(=O)c1cc(F)ccc1N. The van der Waals surface area contributed by atoms with Crippen LogP contribution in [0.2, 0.25) is 0 Å². The molecule has 0 bridgehead atoms. The van der Waals surface area contributed by atoms with Gasteiger partial charge in [0.1, 0.15) is 11.6 Å². The second-order valence-electron chi connectivity index (χ2n) is 4.67. The number of methoxy groups -OCH3 is 1. The van der Waals surface area contributed by atoms with Gasteiger partial charge in [-0.05, 0) is 31.2 Å². The first kappa shape index (κ1) is 14.8. The molecule has 1 amide bonds. The van der Waals surface area contributed by atoms with Crippen LogP contribution in [0.5, 0.6) is 5.75 Å². The maximum Gasteiger partial charge on any atom is 0.253 e. The summed E-state index contributed by atoms with van der Waals surface area (Å²) < 4.78 is 18.5. The van der Waals surface area contributed by atoms with E-state index in [1.807, 2.05) is 31.2 Å². The molecule has 3 N–H and O–H groups in total. The van der Waals surface area contributed by atoms with Crippen LogP contribution in [-0.4, -0.2) is 13.0 Å². The van der Waals surface area contributed by atoms with Gasteiger partial charge in [0.05, 0.1) is 18.7 Å². The number of benzene rings is 2. The van der Waals surface area contributed by atoms with Gasteiger partial charge >= 0.3 is 0 Å². The Morgan fingerprint density at radius 2 is 2.00 bits per heavy atom. The van der Waals surface area contributed by atoms with E-state index in [0.29, 0.717) is 5.75 Å². The van der Waals surface area contributed by atoms with Gasteiger partial charge in [0.15, 0.2) is 0 Å². The van der Waals surface area contributed by atoms with E-state index in [-0.39, 0.29) is 17.3 Å². The van der Waals surface area contributed by atoms with Crippen molar-refractivity contribution >= 4 is 11.6 Å². The summed E-state index contributed by atoms with van der Waals surface area (Å²) in [6, 6.07) is 10.8. The van der Waals surface area contributed by atoms with E-state index in [4.69, 9.17) is 10.5 Å². The van der Waals surface area contributed by atoms with Crippen LogP contribution < -0.4 is 15.8 Å². The molecule has 2 aromatic rings. The summed E-state index contributed by atoms with van der Waals surface area (Å²) in [5.74, 6) is -0.248. The number of halogens is 1. The average Bonchev–Trinajstić information content (AvgIpc) is 2.49. The summed E-state index contributed by atoms with van der Waals surface area (Å²) in [4.78, 5) is 12.2. The molecule has 21 heavy (non-hydrogen) atoms. The predicted octanol–water partition coefficient (Wildman–Crippen LogP) is 2.91. The smallest absolute Gasteiger partial charge is 0.253 e. The Labute approximate surface area is 122 Å². The zero-order valence-corrected chi connectivity index (χ0v) is 11.9. The summed E-state index contributed by atoms with van der Waals surface area (Å²) >= 11 is 0. The second-order valence-corrected chi connectivity index (χ2v) is 4.67. The fourth-order valence-electron chi connectivity index (χ4n) is 2.10. The normalized spacial score (nSPS) is 11.8. The summed E-state index contributed by atoms with van der Waals surface area (Å²) in [6.07, 6.45) is 0. The highest BCUT2D eigenvalue weighted by Gasteiger charge is 2.16. The highest BCUT2D eigenvalue weighted by molar-refractivity contribution is 5.99. The van der Waals surface area contributed by atoms with Crippen LogP contribution in [0.4, 0.5) is 10.1 Å². The molecule has 1 atom stereocenters. The molecule has 2 aromatic carbocycles. The third kappa shape index (κ3) is 3.31. The molecule has 0 aliphatic rings. The molecule has 0 heterocycles. The number of rotatable bonds is 4. The molecule has 0 aromatic heterocycles. The number of amides is 1. The molecular formula is C16H17FN2O2. The fourth-order valence-corrected chi connectivity index (χ4v) is 2.10. The van der Waals surface area contributed by atoms with Gasteiger partial charge in [-0.25, -0.2) is 4.39 Å². The van der Waals surface area contributed by atoms with Crippen molar-refractivity contribution in [2.24, 2.45) is 0 Å². The Morgan fingerprint density at radius 3 is 2.71 bits per heavy atom. The van der Waals surface area contributed by atoms with Crippen molar-refractivity contribution in [3.05, 3.63) is 59.4 Å². The van der Waals surface area contributed by atoms with Gasteiger partial charge < -0.3 is 15.8 Å². The molecule has 0 unspecified atom stereocenters. The third-order valence-corrected chi connectivity index (χ3v) is 3.21. The standard InChI is InChI=1S/C16H17FN2O2/c1-10(12-5-3-4-6-15(12)21-2)19-16(20)13-9-11(17)7-8-14(13)18/h3-10H,18H2,1-2H3,(H,19,20)/t10-/m1/s1.